The first-order valence-electron chi connectivity index (χ1n) is 7.34. The van der Waals surface area contributed by atoms with Crippen LogP contribution in [0, 0.1) is 0 Å². The minimum atomic E-state index is -0.00743. The van der Waals surface area contributed by atoms with Gasteiger partial charge in [0.15, 0.2) is 0 Å². The number of hydrogen-bond acceptors (Lipinski definition) is 2. The Hall–Kier alpha value is -1.39. The molecule has 0 saturated carbocycles. The lowest BCUT2D eigenvalue weighted by Gasteiger charge is -2.18. The maximum atomic E-state index is 12.2. The van der Waals surface area contributed by atoms with E-state index in [4.69, 9.17) is 0 Å². The minimum absolute atomic E-state index is 0.00743. The second kappa shape index (κ2) is 7.57. The molecule has 0 aliphatic heterocycles. The Bertz CT molecular complexity index is 623. The molecule has 0 unspecified atom stereocenters. The standard InChI is InChI=1S/C17H21BrN2O/c1-3-20(4-2)10-9-19-17(21)15-6-5-14-12-16(18)8-7-13(14)11-15/h5-8,11-12H,3-4,9-10H2,1-2H3,(H,19,21). The summed E-state index contributed by atoms with van der Waals surface area (Å²) in [5, 5.41) is 5.19. The van der Waals surface area contributed by atoms with Gasteiger partial charge in [-0.1, -0.05) is 41.9 Å². The molecular weight excluding hydrogens is 328 g/mol. The van der Waals surface area contributed by atoms with E-state index >= 15 is 0 Å². The van der Waals surface area contributed by atoms with Crippen molar-refractivity contribution in [3.05, 3.63) is 46.4 Å². The van der Waals surface area contributed by atoms with Crippen molar-refractivity contribution < 1.29 is 4.79 Å². The van der Waals surface area contributed by atoms with Crippen molar-refractivity contribution in [2.75, 3.05) is 26.2 Å². The van der Waals surface area contributed by atoms with Crippen molar-refractivity contribution in [2.45, 2.75) is 13.8 Å². The molecule has 0 fully saturated rings. The number of hydrogen-bond donors (Lipinski definition) is 1. The highest BCUT2D eigenvalue weighted by Gasteiger charge is 2.07. The molecule has 112 valence electrons. The molecule has 0 atom stereocenters. The van der Waals surface area contributed by atoms with Crippen LogP contribution in [0.25, 0.3) is 10.8 Å². The summed E-state index contributed by atoms with van der Waals surface area (Å²) in [4.78, 5) is 14.5. The highest BCUT2D eigenvalue weighted by atomic mass is 79.9. The lowest BCUT2D eigenvalue weighted by Crippen LogP contribution is -2.34. The van der Waals surface area contributed by atoms with E-state index in [2.05, 4.69) is 46.1 Å². The summed E-state index contributed by atoms with van der Waals surface area (Å²) < 4.78 is 1.05. The van der Waals surface area contributed by atoms with Gasteiger partial charge in [0.1, 0.15) is 0 Å². The first-order chi connectivity index (χ1) is 10.1. The molecule has 0 aliphatic carbocycles. The van der Waals surface area contributed by atoms with Gasteiger partial charge >= 0.3 is 0 Å². The van der Waals surface area contributed by atoms with Gasteiger partial charge in [-0.2, -0.15) is 0 Å². The molecule has 4 heteroatoms. The van der Waals surface area contributed by atoms with Crippen LogP contribution < -0.4 is 5.32 Å². The fourth-order valence-corrected chi connectivity index (χ4v) is 2.71. The summed E-state index contributed by atoms with van der Waals surface area (Å²) in [5.74, 6) is -0.00743. The van der Waals surface area contributed by atoms with Gasteiger partial charge in [0.25, 0.3) is 5.91 Å². The number of nitrogens with zero attached hydrogens (tertiary/aromatic N) is 1. The van der Waals surface area contributed by atoms with E-state index < -0.39 is 0 Å². The molecule has 1 N–H and O–H groups in total. The van der Waals surface area contributed by atoms with Crippen molar-refractivity contribution in [1.29, 1.82) is 0 Å². The van der Waals surface area contributed by atoms with Crippen molar-refractivity contribution in [1.82, 2.24) is 10.2 Å². The molecule has 2 aromatic rings. The molecule has 1 amide bonds. The Balaban J connectivity index is 2.01. The highest BCUT2D eigenvalue weighted by molar-refractivity contribution is 9.10. The first kappa shape index (κ1) is 16.0. The number of likely N-dealkylation sites (N-methyl/N-ethyl adjacent to an activating group) is 1. The van der Waals surface area contributed by atoms with E-state index in [9.17, 15) is 4.79 Å². The third kappa shape index (κ3) is 4.29. The number of fused-ring (bicyclic) bond motifs is 1. The van der Waals surface area contributed by atoms with E-state index in [1.54, 1.807) is 0 Å². The topological polar surface area (TPSA) is 32.3 Å². The van der Waals surface area contributed by atoms with Crippen LogP contribution in [0.3, 0.4) is 0 Å². The Morgan fingerprint density at radius 3 is 2.48 bits per heavy atom. The van der Waals surface area contributed by atoms with Gasteiger partial charge in [0, 0.05) is 23.1 Å². The zero-order valence-electron chi connectivity index (χ0n) is 12.5. The quantitative estimate of drug-likeness (QED) is 0.863. The van der Waals surface area contributed by atoms with Crippen LogP contribution in [0.4, 0.5) is 0 Å². The smallest absolute Gasteiger partial charge is 0.251 e. The van der Waals surface area contributed by atoms with Gasteiger partial charge in [0.2, 0.25) is 0 Å². The second-order valence-electron chi connectivity index (χ2n) is 4.99. The van der Waals surface area contributed by atoms with Crippen molar-refractivity contribution >= 4 is 32.6 Å². The number of carbonyl (C=O) groups excluding carboxylic acids is 1. The number of amides is 1. The third-order valence-electron chi connectivity index (χ3n) is 3.67. The SMILES string of the molecule is CCN(CC)CCNC(=O)c1ccc2cc(Br)ccc2c1. The van der Waals surface area contributed by atoms with Crippen LogP contribution in [-0.4, -0.2) is 37.0 Å². The monoisotopic (exact) mass is 348 g/mol. The van der Waals surface area contributed by atoms with E-state index in [1.807, 2.05) is 30.3 Å². The van der Waals surface area contributed by atoms with Crippen molar-refractivity contribution in [3.8, 4) is 0 Å². The van der Waals surface area contributed by atoms with Crippen LogP contribution in [-0.2, 0) is 0 Å². The summed E-state index contributed by atoms with van der Waals surface area (Å²) in [7, 11) is 0. The predicted octanol–water partition coefficient (Wildman–Crippen LogP) is 3.67. The fraction of sp³-hybridized carbons (Fsp3) is 0.353. The lowest BCUT2D eigenvalue weighted by atomic mass is 10.1. The van der Waals surface area contributed by atoms with Gasteiger partial charge in [-0.15, -0.1) is 0 Å². The molecule has 0 spiro atoms. The normalized spacial score (nSPS) is 11.0. The molecular formula is C17H21BrN2O. The van der Waals surface area contributed by atoms with Crippen LogP contribution in [0.2, 0.25) is 0 Å². The molecule has 3 nitrogen and oxygen atoms in total. The van der Waals surface area contributed by atoms with E-state index in [1.165, 1.54) is 0 Å². The summed E-state index contributed by atoms with van der Waals surface area (Å²) in [6.45, 7) is 7.85. The average Bonchev–Trinajstić information content (AvgIpc) is 2.50. The van der Waals surface area contributed by atoms with Crippen LogP contribution in [0.1, 0.15) is 24.2 Å². The molecule has 0 saturated heterocycles. The van der Waals surface area contributed by atoms with Crippen LogP contribution in [0.5, 0.6) is 0 Å². The van der Waals surface area contributed by atoms with Gasteiger partial charge in [-0.05, 0) is 48.1 Å². The molecule has 21 heavy (non-hydrogen) atoms. The zero-order valence-corrected chi connectivity index (χ0v) is 14.1. The third-order valence-corrected chi connectivity index (χ3v) is 4.17. The zero-order chi connectivity index (χ0) is 15.2. The summed E-state index contributed by atoms with van der Waals surface area (Å²) in [6, 6.07) is 11.9. The van der Waals surface area contributed by atoms with Crippen LogP contribution in [0.15, 0.2) is 40.9 Å². The van der Waals surface area contributed by atoms with Crippen LogP contribution >= 0.6 is 15.9 Å². The average molecular weight is 349 g/mol. The maximum Gasteiger partial charge on any atom is 0.251 e. The summed E-state index contributed by atoms with van der Waals surface area (Å²) >= 11 is 3.46. The largest absolute Gasteiger partial charge is 0.351 e. The molecule has 2 aromatic carbocycles. The second-order valence-corrected chi connectivity index (χ2v) is 5.90. The molecule has 0 heterocycles. The first-order valence-corrected chi connectivity index (χ1v) is 8.13. The van der Waals surface area contributed by atoms with Gasteiger partial charge in [0.05, 0.1) is 0 Å². The van der Waals surface area contributed by atoms with Crippen molar-refractivity contribution in [2.24, 2.45) is 0 Å². The van der Waals surface area contributed by atoms with E-state index in [-0.39, 0.29) is 5.91 Å². The summed E-state index contributed by atoms with van der Waals surface area (Å²) in [6.07, 6.45) is 0. The predicted molar refractivity (Wildman–Crippen MR) is 91.8 cm³/mol. The van der Waals surface area contributed by atoms with Gasteiger partial charge in [-0.3, -0.25) is 4.79 Å². The van der Waals surface area contributed by atoms with Gasteiger partial charge in [-0.25, -0.2) is 0 Å². The van der Waals surface area contributed by atoms with E-state index in [0.717, 1.165) is 34.9 Å². The Morgan fingerprint density at radius 2 is 1.76 bits per heavy atom. The Labute approximate surface area is 134 Å². The number of nitrogens with one attached hydrogen (secondary N) is 1. The lowest BCUT2D eigenvalue weighted by molar-refractivity contribution is 0.0949. The molecule has 0 radical (unpaired) electrons. The fourth-order valence-electron chi connectivity index (χ4n) is 2.33. The maximum absolute atomic E-state index is 12.2. The Kier molecular flexibility index (Phi) is 5.76. The minimum Gasteiger partial charge on any atom is -0.351 e. The highest BCUT2D eigenvalue weighted by Crippen LogP contribution is 2.20. The van der Waals surface area contributed by atoms with E-state index in [0.29, 0.717) is 12.1 Å². The van der Waals surface area contributed by atoms with Crippen molar-refractivity contribution in [3.63, 3.8) is 0 Å². The Morgan fingerprint density at radius 1 is 1.10 bits per heavy atom. The molecule has 0 aliphatic rings. The number of carbonyl (C=O) groups is 1. The summed E-state index contributed by atoms with van der Waals surface area (Å²) in [5.41, 5.74) is 0.712. The number of rotatable bonds is 6. The van der Waals surface area contributed by atoms with Gasteiger partial charge < -0.3 is 10.2 Å². The number of benzene rings is 2. The molecule has 0 bridgehead atoms. The molecule has 0 aromatic heterocycles. The molecule has 2 rings (SSSR count). The number of halogens is 1.